The van der Waals surface area contributed by atoms with Crippen LogP contribution in [0.15, 0.2) is 200 Å². The molecule has 0 aliphatic carbocycles. The van der Waals surface area contributed by atoms with E-state index < -0.39 is 0 Å². The molecule has 0 heterocycles. The predicted octanol–water partition coefficient (Wildman–Crippen LogP) is 15.2. The lowest BCUT2D eigenvalue weighted by Gasteiger charge is -2.33. The third-order valence-electron chi connectivity index (χ3n) is 7.75. The number of rotatable bonds is 9. The molecular formula is C48H51N3. The van der Waals surface area contributed by atoms with E-state index in [2.05, 4.69) is 215 Å². The van der Waals surface area contributed by atoms with Crippen molar-refractivity contribution in [1.29, 1.82) is 0 Å². The molecule has 7 aromatic carbocycles. The Labute approximate surface area is 306 Å². The molecule has 0 radical (unpaired) electrons. The molecule has 51 heavy (non-hydrogen) atoms. The Morgan fingerprint density at radius 1 is 0.196 bits per heavy atom. The van der Waals surface area contributed by atoms with Gasteiger partial charge < -0.3 is 14.7 Å². The summed E-state index contributed by atoms with van der Waals surface area (Å²) in [5.74, 6) is 0. The van der Waals surface area contributed by atoms with E-state index in [0.717, 1.165) is 51.2 Å². The van der Waals surface area contributed by atoms with Crippen LogP contribution in [0.2, 0.25) is 0 Å². The largest absolute Gasteiger partial charge is 0.310 e. The highest BCUT2D eigenvalue weighted by Crippen LogP contribution is 2.45. The van der Waals surface area contributed by atoms with Crippen LogP contribution < -0.4 is 14.7 Å². The van der Waals surface area contributed by atoms with Crippen LogP contribution >= 0.6 is 0 Å². The van der Waals surface area contributed by atoms with Crippen molar-refractivity contribution in [2.24, 2.45) is 0 Å². The van der Waals surface area contributed by atoms with Crippen molar-refractivity contribution in [2.45, 2.75) is 41.5 Å². The Bertz CT molecular complexity index is 1570. The van der Waals surface area contributed by atoms with Gasteiger partial charge in [-0.2, -0.15) is 0 Å². The third kappa shape index (κ3) is 9.55. The van der Waals surface area contributed by atoms with Gasteiger partial charge in [-0.25, -0.2) is 0 Å². The fourth-order valence-electron chi connectivity index (χ4n) is 5.77. The molecule has 7 aromatic rings. The summed E-state index contributed by atoms with van der Waals surface area (Å²) in [7, 11) is 0. The Kier molecular flexibility index (Phi) is 15.1. The lowest BCUT2D eigenvalue weighted by Crippen LogP contribution is -2.16. The van der Waals surface area contributed by atoms with Gasteiger partial charge in [0.15, 0.2) is 0 Å². The summed E-state index contributed by atoms with van der Waals surface area (Å²) in [6.45, 7) is 12.0. The molecular weight excluding hydrogens is 619 g/mol. The van der Waals surface area contributed by atoms with Gasteiger partial charge in [-0.05, 0) is 91.0 Å². The van der Waals surface area contributed by atoms with Gasteiger partial charge in [-0.3, -0.25) is 0 Å². The lowest BCUT2D eigenvalue weighted by atomic mass is 10.1. The van der Waals surface area contributed by atoms with Crippen LogP contribution in [0, 0.1) is 0 Å². The molecule has 0 aliphatic heterocycles. The maximum absolute atomic E-state index is 2.33. The highest BCUT2D eigenvalue weighted by atomic mass is 15.2. The average Bonchev–Trinajstić information content (AvgIpc) is 3.23. The zero-order valence-corrected chi connectivity index (χ0v) is 30.9. The maximum atomic E-state index is 2.33. The molecule has 0 aliphatic rings. The summed E-state index contributed by atoms with van der Waals surface area (Å²) >= 11 is 0. The first-order valence-electron chi connectivity index (χ1n) is 18.2. The Balaban J connectivity index is 0.000000925. The van der Waals surface area contributed by atoms with Gasteiger partial charge in [0.2, 0.25) is 0 Å². The standard InChI is InChI=1S/C42H33N3.3C2H6/c1-7-19-34(20-8-1)43(35-21-9-2-10-22-35)40-31-41(44(36-23-11-3-12-24-36)37-25-13-4-14-26-37)33-42(32-40)45(38-27-15-5-16-28-38)39-29-17-6-18-30-39;3*1-2/h1-33H;3*1-2H3. The smallest absolute Gasteiger partial charge is 0.0503 e. The molecule has 0 spiro atoms. The molecule has 0 atom stereocenters. The number of anilines is 9. The normalized spacial score (nSPS) is 9.76. The number of para-hydroxylation sites is 6. The molecule has 0 aromatic heterocycles. The van der Waals surface area contributed by atoms with Crippen LogP contribution in [0.25, 0.3) is 0 Å². The summed E-state index contributed by atoms with van der Waals surface area (Å²) in [5.41, 5.74) is 9.67. The van der Waals surface area contributed by atoms with Crippen LogP contribution in [-0.2, 0) is 0 Å². The first kappa shape index (κ1) is 37.8. The molecule has 0 saturated carbocycles. The van der Waals surface area contributed by atoms with Crippen LogP contribution in [0.5, 0.6) is 0 Å². The second kappa shape index (κ2) is 20.5. The summed E-state index contributed by atoms with van der Waals surface area (Å²) in [6, 6.07) is 70.3. The molecule has 0 bridgehead atoms. The van der Waals surface area contributed by atoms with E-state index in [0.29, 0.717) is 0 Å². The minimum Gasteiger partial charge on any atom is -0.310 e. The van der Waals surface area contributed by atoms with Crippen LogP contribution in [0.4, 0.5) is 51.2 Å². The van der Waals surface area contributed by atoms with Crippen molar-refractivity contribution in [1.82, 2.24) is 0 Å². The van der Waals surface area contributed by atoms with Gasteiger partial charge in [-0.1, -0.05) is 151 Å². The van der Waals surface area contributed by atoms with Crippen molar-refractivity contribution >= 4 is 51.2 Å². The first-order valence-corrected chi connectivity index (χ1v) is 18.2. The topological polar surface area (TPSA) is 9.72 Å². The van der Waals surface area contributed by atoms with Gasteiger partial charge in [-0.15, -0.1) is 0 Å². The monoisotopic (exact) mass is 669 g/mol. The molecule has 7 rings (SSSR count). The zero-order valence-electron chi connectivity index (χ0n) is 30.9. The summed E-state index contributed by atoms with van der Waals surface area (Å²) in [6.07, 6.45) is 0. The van der Waals surface area contributed by atoms with Crippen molar-refractivity contribution < 1.29 is 0 Å². The number of hydrogen-bond donors (Lipinski definition) is 0. The first-order chi connectivity index (χ1) is 25.3. The highest BCUT2D eigenvalue weighted by molar-refractivity contribution is 5.89. The minimum absolute atomic E-state index is 1.05. The highest BCUT2D eigenvalue weighted by Gasteiger charge is 2.21. The van der Waals surface area contributed by atoms with Crippen molar-refractivity contribution in [2.75, 3.05) is 14.7 Å². The zero-order chi connectivity index (χ0) is 36.3. The van der Waals surface area contributed by atoms with Crippen molar-refractivity contribution in [3.63, 3.8) is 0 Å². The van der Waals surface area contributed by atoms with Gasteiger partial charge in [0.25, 0.3) is 0 Å². The second-order valence-electron chi connectivity index (χ2n) is 10.7. The van der Waals surface area contributed by atoms with E-state index in [4.69, 9.17) is 0 Å². The van der Waals surface area contributed by atoms with E-state index in [9.17, 15) is 0 Å². The average molecular weight is 670 g/mol. The number of nitrogens with zero attached hydrogens (tertiary/aromatic N) is 3. The van der Waals surface area contributed by atoms with E-state index in [1.807, 2.05) is 41.5 Å². The Hall–Kier alpha value is -6.06. The molecule has 0 amide bonds. The summed E-state index contributed by atoms with van der Waals surface area (Å²) in [4.78, 5) is 6.99. The molecule has 3 heteroatoms. The van der Waals surface area contributed by atoms with Gasteiger partial charge in [0, 0.05) is 34.1 Å². The fourth-order valence-corrected chi connectivity index (χ4v) is 5.77. The maximum Gasteiger partial charge on any atom is 0.0503 e. The number of hydrogen-bond acceptors (Lipinski definition) is 3. The van der Waals surface area contributed by atoms with E-state index in [1.165, 1.54) is 0 Å². The molecule has 0 N–H and O–H groups in total. The quantitative estimate of drug-likeness (QED) is 0.151. The molecule has 0 saturated heterocycles. The van der Waals surface area contributed by atoms with E-state index >= 15 is 0 Å². The molecule has 258 valence electrons. The lowest BCUT2D eigenvalue weighted by molar-refractivity contribution is 1.22. The Morgan fingerprint density at radius 2 is 0.333 bits per heavy atom. The van der Waals surface area contributed by atoms with Crippen molar-refractivity contribution in [3.8, 4) is 0 Å². The minimum atomic E-state index is 1.05. The van der Waals surface area contributed by atoms with Crippen LogP contribution in [0.3, 0.4) is 0 Å². The van der Waals surface area contributed by atoms with Crippen LogP contribution in [-0.4, -0.2) is 0 Å². The molecule has 0 fully saturated rings. The van der Waals surface area contributed by atoms with Gasteiger partial charge in [0.1, 0.15) is 0 Å². The second-order valence-corrected chi connectivity index (χ2v) is 10.7. The SMILES string of the molecule is CC.CC.CC.c1ccc(N(c2ccccc2)c2cc(N(c3ccccc3)c3ccccc3)cc(N(c3ccccc3)c3ccccc3)c2)cc1. The number of benzene rings is 7. The van der Waals surface area contributed by atoms with Gasteiger partial charge in [0.05, 0.1) is 17.1 Å². The van der Waals surface area contributed by atoms with E-state index in [-0.39, 0.29) is 0 Å². The molecule has 0 unspecified atom stereocenters. The predicted molar refractivity (Wildman–Crippen MR) is 225 cm³/mol. The summed E-state index contributed by atoms with van der Waals surface area (Å²) < 4.78 is 0. The Morgan fingerprint density at radius 3 is 0.471 bits per heavy atom. The summed E-state index contributed by atoms with van der Waals surface area (Å²) in [5, 5.41) is 0. The third-order valence-corrected chi connectivity index (χ3v) is 7.75. The van der Waals surface area contributed by atoms with Crippen molar-refractivity contribution in [3.05, 3.63) is 200 Å². The fraction of sp³-hybridized carbons (Fsp3) is 0.125. The van der Waals surface area contributed by atoms with Crippen LogP contribution in [0.1, 0.15) is 41.5 Å². The molecule has 3 nitrogen and oxygen atoms in total. The van der Waals surface area contributed by atoms with Gasteiger partial charge >= 0.3 is 0 Å². The van der Waals surface area contributed by atoms with E-state index in [1.54, 1.807) is 0 Å².